The van der Waals surface area contributed by atoms with Crippen molar-refractivity contribution in [3.05, 3.63) is 65.5 Å². The molecule has 0 saturated heterocycles. The molecule has 2 nitrogen and oxygen atoms in total. The summed E-state index contributed by atoms with van der Waals surface area (Å²) in [4.78, 5) is 0. The van der Waals surface area contributed by atoms with Gasteiger partial charge in [0.2, 0.25) is 0 Å². The minimum absolute atomic E-state index is 0.0610. The van der Waals surface area contributed by atoms with Crippen molar-refractivity contribution in [1.82, 2.24) is 0 Å². The van der Waals surface area contributed by atoms with Crippen LogP contribution < -0.4 is 4.74 Å². The molecule has 0 aliphatic heterocycles. The quantitative estimate of drug-likeness (QED) is 0.190. The van der Waals surface area contributed by atoms with E-state index in [1.165, 1.54) is 6.08 Å². The van der Waals surface area contributed by atoms with Crippen molar-refractivity contribution < 1.29 is 31.8 Å². The van der Waals surface area contributed by atoms with Gasteiger partial charge in [-0.15, -0.1) is 0 Å². The average molecular weight is 569 g/mol. The molecule has 2 saturated carbocycles. The molecule has 0 aromatic heterocycles. The van der Waals surface area contributed by atoms with Crippen molar-refractivity contribution >= 4 is 0 Å². The first-order chi connectivity index (χ1) is 19.1. The molecule has 0 amide bonds. The van der Waals surface area contributed by atoms with Crippen molar-refractivity contribution in [2.75, 3.05) is 6.61 Å². The highest BCUT2D eigenvalue weighted by atomic mass is 19.3. The fraction of sp³-hybridized carbons (Fsp3) is 0.636. The highest BCUT2D eigenvalue weighted by Crippen LogP contribution is 2.42. The minimum atomic E-state index is -3.58. The van der Waals surface area contributed by atoms with Crippen LogP contribution >= 0.6 is 0 Å². The van der Waals surface area contributed by atoms with Gasteiger partial charge in [-0.25, -0.2) is 13.2 Å². The molecule has 1 N–H and O–H groups in total. The van der Waals surface area contributed by atoms with Crippen molar-refractivity contribution in [2.24, 2.45) is 29.6 Å². The number of hydrogen-bond donors (Lipinski definition) is 1. The third-order valence-electron chi connectivity index (χ3n) is 8.81. The van der Waals surface area contributed by atoms with Crippen molar-refractivity contribution in [3.63, 3.8) is 0 Å². The van der Waals surface area contributed by atoms with Gasteiger partial charge >= 0.3 is 6.11 Å². The summed E-state index contributed by atoms with van der Waals surface area (Å²) in [5.41, 5.74) is 0.651. The number of rotatable bonds is 13. The average Bonchev–Trinajstić information content (AvgIpc) is 2.90. The Kier molecular flexibility index (Phi) is 12.3. The highest BCUT2D eigenvalue weighted by Gasteiger charge is 2.44. The van der Waals surface area contributed by atoms with Crippen LogP contribution in [0.3, 0.4) is 0 Å². The van der Waals surface area contributed by atoms with E-state index in [9.17, 15) is 22.7 Å². The highest BCUT2D eigenvalue weighted by molar-refractivity contribution is 5.31. The molecule has 2 aliphatic rings. The number of aliphatic hydroxyl groups excluding tert-OH is 1. The second-order valence-electron chi connectivity index (χ2n) is 11.9. The monoisotopic (exact) mass is 568 g/mol. The Morgan fingerprint density at radius 2 is 1.70 bits per heavy atom. The van der Waals surface area contributed by atoms with E-state index in [-0.39, 0.29) is 55.5 Å². The molecule has 1 aromatic carbocycles. The van der Waals surface area contributed by atoms with Gasteiger partial charge < -0.3 is 9.84 Å². The maximum absolute atomic E-state index is 15.1. The molecule has 2 fully saturated rings. The van der Waals surface area contributed by atoms with Gasteiger partial charge in [0, 0.05) is 30.7 Å². The van der Waals surface area contributed by atoms with Gasteiger partial charge in [-0.2, -0.15) is 8.78 Å². The van der Waals surface area contributed by atoms with E-state index in [2.05, 4.69) is 13.5 Å². The lowest BCUT2D eigenvalue weighted by Crippen LogP contribution is -2.37. The zero-order chi connectivity index (χ0) is 29.3. The summed E-state index contributed by atoms with van der Waals surface area (Å²) in [6, 6.07) is 1.64. The first kappa shape index (κ1) is 32.4. The molecule has 40 heavy (non-hydrogen) atoms. The summed E-state index contributed by atoms with van der Waals surface area (Å²) in [5, 5.41) is 10.0. The molecule has 224 valence electrons. The van der Waals surface area contributed by atoms with Crippen LogP contribution in [0, 0.1) is 41.2 Å². The molecular formula is C33H45F5O2. The molecular weight excluding hydrogens is 523 g/mol. The van der Waals surface area contributed by atoms with E-state index in [0.717, 1.165) is 43.4 Å². The topological polar surface area (TPSA) is 29.5 Å². The summed E-state index contributed by atoms with van der Waals surface area (Å²) in [5.74, 6) is -2.59. The van der Waals surface area contributed by atoms with E-state index in [0.29, 0.717) is 37.5 Å². The van der Waals surface area contributed by atoms with Gasteiger partial charge in [0.1, 0.15) is 23.2 Å². The number of aliphatic hydroxyl groups is 1. The molecule has 0 bridgehead atoms. The maximum Gasteiger partial charge on any atom is 0.400 e. The molecule has 1 atom stereocenters. The van der Waals surface area contributed by atoms with E-state index < -0.39 is 29.4 Å². The molecule has 0 radical (unpaired) electrons. The molecule has 3 rings (SSSR count). The number of hydrogen-bond acceptors (Lipinski definition) is 2. The summed E-state index contributed by atoms with van der Waals surface area (Å²) in [7, 11) is 0. The van der Waals surface area contributed by atoms with E-state index in [1.807, 2.05) is 0 Å². The Morgan fingerprint density at radius 3 is 2.25 bits per heavy atom. The van der Waals surface area contributed by atoms with Crippen LogP contribution in [-0.4, -0.2) is 17.8 Å². The second-order valence-corrected chi connectivity index (χ2v) is 11.9. The maximum atomic E-state index is 15.1. The van der Waals surface area contributed by atoms with Crippen LogP contribution in [0.15, 0.2) is 48.3 Å². The van der Waals surface area contributed by atoms with Crippen LogP contribution in [-0.2, 0) is 6.42 Å². The van der Waals surface area contributed by atoms with E-state index in [4.69, 9.17) is 4.74 Å². The Morgan fingerprint density at radius 1 is 1.07 bits per heavy atom. The number of alkyl halides is 2. The normalized spacial score (nSPS) is 25.5. The summed E-state index contributed by atoms with van der Waals surface area (Å²) >= 11 is 0. The van der Waals surface area contributed by atoms with Gasteiger partial charge in [-0.1, -0.05) is 51.8 Å². The molecule has 1 aromatic rings. The predicted molar refractivity (Wildman–Crippen MR) is 150 cm³/mol. The van der Waals surface area contributed by atoms with Crippen LogP contribution in [0.2, 0.25) is 0 Å². The van der Waals surface area contributed by atoms with Crippen LogP contribution in [0.1, 0.15) is 90.0 Å². The number of benzene rings is 1. The molecule has 7 heteroatoms. The zero-order valence-electron chi connectivity index (χ0n) is 23.9. The molecule has 1 unspecified atom stereocenters. The molecule has 0 heterocycles. The van der Waals surface area contributed by atoms with Gasteiger partial charge in [-0.3, -0.25) is 0 Å². The molecule has 0 spiro atoms. The van der Waals surface area contributed by atoms with Crippen molar-refractivity contribution in [3.8, 4) is 5.75 Å². The van der Waals surface area contributed by atoms with Gasteiger partial charge in [-0.05, 0) is 86.7 Å². The minimum Gasteiger partial charge on any atom is -0.432 e. The Hall–Kier alpha value is -2.15. The van der Waals surface area contributed by atoms with Crippen LogP contribution in [0.25, 0.3) is 0 Å². The molecule has 2 aliphatic carbocycles. The van der Waals surface area contributed by atoms with Crippen LogP contribution in [0.4, 0.5) is 22.0 Å². The summed E-state index contributed by atoms with van der Waals surface area (Å²) < 4.78 is 78.1. The number of halogens is 5. The summed E-state index contributed by atoms with van der Waals surface area (Å²) in [6.45, 7) is 7.83. The lowest BCUT2D eigenvalue weighted by atomic mass is 9.74. The number of allylic oxidation sites excluding steroid dienone is 5. The van der Waals surface area contributed by atoms with Crippen LogP contribution in [0.5, 0.6) is 5.75 Å². The Bertz CT molecular complexity index is 995. The first-order valence-corrected chi connectivity index (χ1v) is 14.9. The van der Waals surface area contributed by atoms with Crippen molar-refractivity contribution in [2.45, 2.75) is 97.0 Å². The van der Waals surface area contributed by atoms with Gasteiger partial charge in [0.15, 0.2) is 0 Å². The lowest BCUT2D eigenvalue weighted by Gasteiger charge is -2.33. The lowest BCUT2D eigenvalue weighted by molar-refractivity contribution is -0.223. The standard InChI is InChI=1S/C33H45F5O2/c1-4-6-24(16-26(21-39)25-12-8-22(3)9-13-25)18-28(34)17-23-10-14-27(15-11-23)33(37,38)40-29-19-31(35)30(7-5-2)32(36)20-29/h4,6,18-20,22-23,25-27,39H,1,5,7-17,21H2,2-3H3/b24-6-,28-18+. The number of ether oxygens (including phenoxy) is 1. The predicted octanol–water partition coefficient (Wildman–Crippen LogP) is 9.88. The first-order valence-electron chi connectivity index (χ1n) is 14.9. The Labute approximate surface area is 236 Å². The van der Waals surface area contributed by atoms with Gasteiger partial charge in [0.05, 0.1) is 5.92 Å². The Balaban J connectivity index is 1.54. The third-order valence-corrected chi connectivity index (χ3v) is 8.81. The summed E-state index contributed by atoms with van der Waals surface area (Å²) in [6.07, 6.45) is 8.30. The van der Waals surface area contributed by atoms with E-state index >= 15 is 4.39 Å². The largest absolute Gasteiger partial charge is 0.432 e. The fourth-order valence-electron chi connectivity index (χ4n) is 6.37. The second kappa shape index (κ2) is 15.2. The van der Waals surface area contributed by atoms with Gasteiger partial charge in [0.25, 0.3) is 0 Å². The van der Waals surface area contributed by atoms with E-state index in [1.54, 1.807) is 19.1 Å². The third kappa shape index (κ3) is 9.19. The SMILES string of the molecule is C=C/C=C(\C=C(\F)CC1CCC(C(F)(F)Oc2cc(F)c(CCC)c(F)c2)CC1)CC(CO)C1CCC(C)CC1. The van der Waals surface area contributed by atoms with Crippen molar-refractivity contribution in [1.29, 1.82) is 0 Å². The zero-order valence-corrected chi connectivity index (χ0v) is 23.9. The fourth-order valence-corrected chi connectivity index (χ4v) is 6.37. The smallest absolute Gasteiger partial charge is 0.400 e.